The van der Waals surface area contributed by atoms with Crippen LogP contribution >= 0.6 is 11.6 Å². The molecule has 0 saturated carbocycles. The van der Waals surface area contributed by atoms with Gasteiger partial charge in [-0.3, -0.25) is 0 Å². The summed E-state index contributed by atoms with van der Waals surface area (Å²) in [6.07, 6.45) is 1.13. The Labute approximate surface area is 112 Å². The summed E-state index contributed by atoms with van der Waals surface area (Å²) in [5.41, 5.74) is 6.47. The molecule has 1 unspecified atom stereocenters. The fraction of sp³-hybridized carbons (Fsp3) is 0.538. The lowest BCUT2D eigenvalue weighted by Crippen LogP contribution is -2.25. The maximum atomic E-state index is 13.6. The summed E-state index contributed by atoms with van der Waals surface area (Å²) in [5.74, 6) is -0.380. The average molecular weight is 276 g/mol. The second kappa shape index (κ2) is 8.43. The number of hydrogen-bond acceptors (Lipinski definition) is 3. The van der Waals surface area contributed by atoms with E-state index in [-0.39, 0.29) is 16.9 Å². The standard InChI is InChI=1S/C13H19ClFNO2/c1-17-7-8-18-6-5-11(16)9-10-3-2-4-12(14)13(10)15/h2-4,11H,5-9,16H2,1H3. The van der Waals surface area contributed by atoms with E-state index in [1.54, 1.807) is 19.2 Å². The van der Waals surface area contributed by atoms with E-state index in [0.29, 0.717) is 38.2 Å². The van der Waals surface area contributed by atoms with Crippen molar-refractivity contribution in [1.82, 2.24) is 0 Å². The lowest BCUT2D eigenvalue weighted by Gasteiger charge is -2.12. The van der Waals surface area contributed by atoms with Crippen LogP contribution in [0.4, 0.5) is 4.39 Å². The molecule has 0 fully saturated rings. The van der Waals surface area contributed by atoms with Gasteiger partial charge >= 0.3 is 0 Å². The molecule has 0 amide bonds. The van der Waals surface area contributed by atoms with Crippen LogP contribution in [0, 0.1) is 5.82 Å². The summed E-state index contributed by atoms with van der Waals surface area (Å²) in [7, 11) is 1.62. The second-order valence-electron chi connectivity index (χ2n) is 4.07. The average Bonchev–Trinajstić information content (AvgIpc) is 2.35. The van der Waals surface area contributed by atoms with Crippen LogP contribution in [0.15, 0.2) is 18.2 Å². The van der Waals surface area contributed by atoms with Crippen molar-refractivity contribution in [2.75, 3.05) is 26.9 Å². The minimum Gasteiger partial charge on any atom is -0.382 e. The van der Waals surface area contributed by atoms with Crippen molar-refractivity contribution in [3.8, 4) is 0 Å². The van der Waals surface area contributed by atoms with Crippen molar-refractivity contribution in [2.45, 2.75) is 18.9 Å². The minimum absolute atomic E-state index is 0.135. The van der Waals surface area contributed by atoms with Crippen molar-refractivity contribution in [2.24, 2.45) is 5.73 Å². The van der Waals surface area contributed by atoms with E-state index in [0.717, 1.165) is 0 Å². The first-order chi connectivity index (χ1) is 8.65. The molecular weight excluding hydrogens is 257 g/mol. The third-order valence-corrected chi connectivity index (χ3v) is 2.87. The number of methoxy groups -OCH3 is 1. The Morgan fingerprint density at radius 3 is 2.83 bits per heavy atom. The molecule has 1 aromatic carbocycles. The molecule has 3 nitrogen and oxygen atoms in total. The summed E-state index contributed by atoms with van der Waals surface area (Å²) >= 11 is 5.70. The van der Waals surface area contributed by atoms with Gasteiger partial charge < -0.3 is 15.2 Å². The summed E-state index contributed by atoms with van der Waals surface area (Å²) in [4.78, 5) is 0. The normalized spacial score (nSPS) is 12.7. The van der Waals surface area contributed by atoms with Crippen molar-refractivity contribution in [3.05, 3.63) is 34.6 Å². The van der Waals surface area contributed by atoms with Gasteiger partial charge in [0, 0.05) is 19.8 Å². The van der Waals surface area contributed by atoms with E-state index in [4.69, 9.17) is 26.8 Å². The summed E-state index contributed by atoms with van der Waals surface area (Å²) in [6, 6.07) is 4.82. The van der Waals surface area contributed by atoms with Crippen LogP contribution in [-0.2, 0) is 15.9 Å². The quantitative estimate of drug-likeness (QED) is 0.741. The topological polar surface area (TPSA) is 44.5 Å². The molecule has 0 aliphatic rings. The van der Waals surface area contributed by atoms with Gasteiger partial charge in [-0.1, -0.05) is 23.7 Å². The first kappa shape index (κ1) is 15.4. The summed E-state index contributed by atoms with van der Waals surface area (Å²) in [6.45, 7) is 1.67. The zero-order chi connectivity index (χ0) is 13.4. The molecule has 0 saturated heterocycles. The van der Waals surface area contributed by atoms with Crippen LogP contribution in [0.3, 0.4) is 0 Å². The van der Waals surface area contributed by atoms with Gasteiger partial charge in [0.25, 0.3) is 0 Å². The molecule has 1 atom stereocenters. The molecule has 18 heavy (non-hydrogen) atoms. The van der Waals surface area contributed by atoms with Crippen molar-refractivity contribution >= 4 is 11.6 Å². The van der Waals surface area contributed by atoms with Crippen molar-refractivity contribution < 1.29 is 13.9 Å². The molecule has 0 spiro atoms. The Hall–Kier alpha value is -0.680. The van der Waals surface area contributed by atoms with Crippen LogP contribution in [-0.4, -0.2) is 33.0 Å². The lowest BCUT2D eigenvalue weighted by atomic mass is 10.0. The van der Waals surface area contributed by atoms with Gasteiger partial charge in [0.15, 0.2) is 0 Å². The summed E-state index contributed by atoms with van der Waals surface area (Å²) < 4.78 is 23.8. The van der Waals surface area contributed by atoms with Crippen molar-refractivity contribution in [1.29, 1.82) is 0 Å². The van der Waals surface area contributed by atoms with Gasteiger partial charge in [-0.15, -0.1) is 0 Å². The molecule has 0 aliphatic carbocycles. The van der Waals surface area contributed by atoms with E-state index in [1.807, 2.05) is 0 Å². The van der Waals surface area contributed by atoms with Gasteiger partial charge in [0.05, 0.1) is 18.2 Å². The zero-order valence-electron chi connectivity index (χ0n) is 10.5. The van der Waals surface area contributed by atoms with Gasteiger partial charge in [-0.25, -0.2) is 4.39 Å². The minimum atomic E-state index is -0.380. The monoisotopic (exact) mass is 275 g/mol. The third-order valence-electron chi connectivity index (χ3n) is 2.58. The van der Waals surface area contributed by atoms with Crippen LogP contribution in [0.1, 0.15) is 12.0 Å². The summed E-state index contributed by atoms with van der Waals surface area (Å²) in [5, 5.41) is 0.135. The molecule has 1 aromatic rings. The number of rotatable bonds is 8. The van der Waals surface area contributed by atoms with E-state index in [2.05, 4.69) is 0 Å². The van der Waals surface area contributed by atoms with E-state index in [9.17, 15) is 4.39 Å². The highest BCUT2D eigenvalue weighted by molar-refractivity contribution is 6.30. The Morgan fingerprint density at radius 1 is 1.33 bits per heavy atom. The first-order valence-electron chi connectivity index (χ1n) is 5.90. The first-order valence-corrected chi connectivity index (χ1v) is 6.28. The molecule has 0 aromatic heterocycles. The van der Waals surface area contributed by atoms with E-state index in [1.165, 1.54) is 6.07 Å². The van der Waals surface area contributed by atoms with Crippen LogP contribution < -0.4 is 5.73 Å². The predicted molar refractivity (Wildman–Crippen MR) is 70.4 cm³/mol. The highest BCUT2D eigenvalue weighted by Crippen LogP contribution is 2.19. The molecule has 5 heteroatoms. The molecular formula is C13H19ClFNO2. The molecule has 0 radical (unpaired) electrons. The molecule has 0 heterocycles. The zero-order valence-corrected chi connectivity index (χ0v) is 11.3. The number of halogens is 2. The SMILES string of the molecule is COCCOCCC(N)Cc1cccc(Cl)c1F. The molecule has 102 valence electrons. The number of benzene rings is 1. The van der Waals surface area contributed by atoms with Gasteiger partial charge in [0.2, 0.25) is 0 Å². The maximum Gasteiger partial charge on any atom is 0.145 e. The third kappa shape index (κ3) is 5.31. The van der Waals surface area contributed by atoms with Crippen LogP contribution in [0.2, 0.25) is 5.02 Å². The van der Waals surface area contributed by atoms with Gasteiger partial charge in [0.1, 0.15) is 5.82 Å². The fourth-order valence-corrected chi connectivity index (χ4v) is 1.76. The molecule has 0 aliphatic heterocycles. The highest BCUT2D eigenvalue weighted by atomic mass is 35.5. The van der Waals surface area contributed by atoms with Crippen LogP contribution in [0.5, 0.6) is 0 Å². The second-order valence-corrected chi connectivity index (χ2v) is 4.48. The lowest BCUT2D eigenvalue weighted by molar-refractivity contribution is 0.0672. The Balaban J connectivity index is 2.31. The van der Waals surface area contributed by atoms with Gasteiger partial charge in [-0.05, 0) is 24.5 Å². The Bertz CT molecular complexity index is 363. The molecule has 0 bridgehead atoms. The predicted octanol–water partition coefficient (Wildman–Crippen LogP) is 2.40. The number of hydrogen-bond donors (Lipinski definition) is 1. The number of ether oxygens (including phenoxy) is 2. The fourth-order valence-electron chi connectivity index (χ4n) is 1.57. The molecule has 1 rings (SSSR count). The Morgan fingerprint density at radius 2 is 2.11 bits per heavy atom. The maximum absolute atomic E-state index is 13.6. The number of nitrogens with two attached hydrogens (primary N) is 1. The van der Waals surface area contributed by atoms with E-state index < -0.39 is 0 Å². The van der Waals surface area contributed by atoms with E-state index >= 15 is 0 Å². The largest absolute Gasteiger partial charge is 0.382 e. The van der Waals surface area contributed by atoms with Gasteiger partial charge in [-0.2, -0.15) is 0 Å². The Kier molecular flexibility index (Phi) is 7.20. The smallest absolute Gasteiger partial charge is 0.145 e. The highest BCUT2D eigenvalue weighted by Gasteiger charge is 2.10. The van der Waals surface area contributed by atoms with Crippen molar-refractivity contribution in [3.63, 3.8) is 0 Å². The molecule has 2 N–H and O–H groups in total. The van der Waals surface area contributed by atoms with Crippen LogP contribution in [0.25, 0.3) is 0 Å².